The van der Waals surface area contributed by atoms with Crippen molar-refractivity contribution in [1.29, 1.82) is 0 Å². The zero-order valence-electron chi connectivity index (χ0n) is 17.4. The number of ether oxygens (including phenoxy) is 1. The third-order valence-electron chi connectivity index (χ3n) is 5.24. The molecule has 0 saturated carbocycles. The van der Waals surface area contributed by atoms with Gasteiger partial charge in [0.15, 0.2) is 0 Å². The molecule has 0 atom stereocenters. The summed E-state index contributed by atoms with van der Waals surface area (Å²) >= 11 is 6.34. The maximum Gasteiger partial charge on any atom is 0.416 e. The van der Waals surface area contributed by atoms with Crippen molar-refractivity contribution in [2.75, 3.05) is 31.6 Å². The number of rotatable bonds is 6. The molecule has 172 valence electrons. The Hall–Kier alpha value is -3.24. The molecule has 0 bridgehead atoms. The highest BCUT2D eigenvalue weighted by Gasteiger charge is 2.31. The van der Waals surface area contributed by atoms with Gasteiger partial charge in [-0.25, -0.2) is 4.98 Å². The summed E-state index contributed by atoms with van der Waals surface area (Å²) in [6, 6.07) is 6.52. The highest BCUT2D eigenvalue weighted by Crippen LogP contribution is 2.36. The predicted molar refractivity (Wildman–Crippen MR) is 117 cm³/mol. The molecule has 1 N–H and O–H groups in total. The van der Waals surface area contributed by atoms with Crippen LogP contribution in [0.25, 0.3) is 22.5 Å². The summed E-state index contributed by atoms with van der Waals surface area (Å²) in [4.78, 5) is 26.5. The number of carbonyl (C=O) groups excluding carboxylic acids is 1. The van der Waals surface area contributed by atoms with E-state index in [9.17, 15) is 18.0 Å². The summed E-state index contributed by atoms with van der Waals surface area (Å²) in [5.41, 5.74) is 1.14. The number of benzene rings is 1. The molecule has 0 radical (unpaired) electrons. The molecule has 1 aliphatic rings. The van der Waals surface area contributed by atoms with Crippen LogP contribution in [-0.2, 0) is 15.7 Å². The van der Waals surface area contributed by atoms with Crippen molar-refractivity contribution in [3.05, 3.63) is 59.5 Å². The van der Waals surface area contributed by atoms with Gasteiger partial charge in [0.2, 0.25) is 0 Å². The van der Waals surface area contributed by atoms with Crippen LogP contribution in [0.15, 0.2) is 48.9 Å². The molecule has 0 aliphatic carbocycles. The summed E-state index contributed by atoms with van der Waals surface area (Å²) < 4.78 is 43.5. The fraction of sp³-hybridized carbons (Fsp3) is 0.273. The Kier molecular flexibility index (Phi) is 6.48. The number of aromatic nitrogens is 3. The average molecular weight is 478 g/mol. The van der Waals surface area contributed by atoms with Crippen molar-refractivity contribution < 1.29 is 22.7 Å². The quantitative estimate of drug-likeness (QED) is 0.540. The number of hydrogen-bond acceptors (Lipinski definition) is 7. The van der Waals surface area contributed by atoms with Crippen LogP contribution >= 0.6 is 11.6 Å². The third-order valence-corrected chi connectivity index (χ3v) is 5.54. The van der Waals surface area contributed by atoms with Gasteiger partial charge in [-0.3, -0.25) is 14.8 Å². The number of carbonyl (C=O) groups is 1. The zero-order chi connectivity index (χ0) is 23.6. The molecule has 1 saturated heterocycles. The Morgan fingerprint density at radius 3 is 2.55 bits per heavy atom. The highest BCUT2D eigenvalue weighted by molar-refractivity contribution is 6.33. The van der Waals surface area contributed by atoms with E-state index >= 15 is 0 Å². The lowest BCUT2D eigenvalue weighted by molar-refractivity contribution is -0.140. The first-order chi connectivity index (χ1) is 15.8. The number of hydrogen-bond donors (Lipinski definition) is 1. The summed E-state index contributed by atoms with van der Waals surface area (Å²) in [5.74, 6) is 0.244. The van der Waals surface area contributed by atoms with Crippen molar-refractivity contribution in [3.8, 4) is 22.5 Å². The lowest BCUT2D eigenvalue weighted by atomic mass is 10.0. The van der Waals surface area contributed by atoms with E-state index in [-0.39, 0.29) is 18.6 Å². The van der Waals surface area contributed by atoms with Gasteiger partial charge in [0.1, 0.15) is 11.5 Å². The molecule has 11 heteroatoms. The van der Waals surface area contributed by atoms with Crippen LogP contribution in [0, 0.1) is 0 Å². The monoisotopic (exact) mass is 477 g/mol. The van der Waals surface area contributed by atoms with Gasteiger partial charge < -0.3 is 15.0 Å². The van der Waals surface area contributed by atoms with Crippen molar-refractivity contribution in [1.82, 2.24) is 20.3 Å². The maximum atomic E-state index is 13.0. The zero-order valence-corrected chi connectivity index (χ0v) is 18.2. The van der Waals surface area contributed by atoms with Crippen LogP contribution in [0.4, 0.5) is 19.0 Å². The van der Waals surface area contributed by atoms with Crippen LogP contribution < -0.4 is 10.2 Å². The first kappa shape index (κ1) is 22.9. The Balaban J connectivity index is 1.63. The van der Waals surface area contributed by atoms with E-state index in [1.165, 1.54) is 25.4 Å². The number of nitrogens with one attached hydrogen (secondary N) is 1. The summed E-state index contributed by atoms with van der Waals surface area (Å²) in [6.45, 7) is 1.33. The third kappa shape index (κ3) is 5.07. The number of alkyl halides is 3. The summed E-state index contributed by atoms with van der Waals surface area (Å²) in [5, 5.41) is 3.44. The lowest BCUT2D eigenvalue weighted by Crippen LogP contribution is -2.59. The van der Waals surface area contributed by atoms with Crippen molar-refractivity contribution in [3.63, 3.8) is 0 Å². The van der Waals surface area contributed by atoms with Gasteiger partial charge in [0, 0.05) is 42.7 Å². The van der Waals surface area contributed by atoms with Gasteiger partial charge in [-0.2, -0.15) is 13.2 Å². The average Bonchev–Trinajstić information content (AvgIpc) is 2.77. The minimum atomic E-state index is -4.43. The number of pyridine rings is 1. The van der Waals surface area contributed by atoms with Crippen LogP contribution in [0.1, 0.15) is 5.56 Å². The molecule has 1 aromatic carbocycles. The number of nitrogens with zero attached hydrogens (tertiary/aromatic N) is 4. The number of methoxy groups -OCH3 is 1. The minimum Gasteiger partial charge on any atom is -0.468 e. The number of anilines is 1. The van der Waals surface area contributed by atoms with Crippen LogP contribution in [0.3, 0.4) is 0 Å². The van der Waals surface area contributed by atoms with E-state index in [0.717, 1.165) is 12.1 Å². The van der Waals surface area contributed by atoms with E-state index in [4.69, 9.17) is 16.6 Å². The fourth-order valence-electron chi connectivity index (χ4n) is 3.41. The van der Waals surface area contributed by atoms with Crippen LogP contribution in [0.5, 0.6) is 0 Å². The standard InChI is InChI=1S/C22H19ClF3N5O2/c1-33-19(32)10-28-15-11-31(12-15)18-9-29-20(13-2-4-14(5-3-13)22(24,25)26)21(30-18)16-6-7-27-8-17(16)23/h2-9,15,28H,10-12H2,1H3. The van der Waals surface area contributed by atoms with Gasteiger partial charge in [0.05, 0.1) is 36.1 Å². The molecule has 3 aromatic rings. The predicted octanol–water partition coefficient (Wildman–Crippen LogP) is 3.83. The van der Waals surface area contributed by atoms with Gasteiger partial charge in [-0.15, -0.1) is 0 Å². The molecule has 1 aliphatic heterocycles. The van der Waals surface area contributed by atoms with Crippen LogP contribution in [-0.4, -0.2) is 53.7 Å². The minimum absolute atomic E-state index is 0.0912. The normalized spacial score (nSPS) is 14.2. The Morgan fingerprint density at radius 2 is 1.91 bits per heavy atom. The molecule has 7 nitrogen and oxygen atoms in total. The van der Waals surface area contributed by atoms with Gasteiger partial charge in [-0.1, -0.05) is 23.7 Å². The molecule has 0 unspecified atom stereocenters. The number of halogens is 4. The highest BCUT2D eigenvalue weighted by atomic mass is 35.5. The maximum absolute atomic E-state index is 13.0. The van der Waals surface area contributed by atoms with E-state index < -0.39 is 11.7 Å². The molecule has 33 heavy (non-hydrogen) atoms. The van der Waals surface area contributed by atoms with E-state index in [2.05, 4.69) is 20.0 Å². The van der Waals surface area contributed by atoms with Gasteiger partial charge in [-0.05, 0) is 18.2 Å². The number of esters is 1. The first-order valence-corrected chi connectivity index (χ1v) is 10.3. The van der Waals surface area contributed by atoms with Crippen molar-refractivity contribution >= 4 is 23.4 Å². The fourth-order valence-corrected chi connectivity index (χ4v) is 3.62. The van der Waals surface area contributed by atoms with E-state index in [1.807, 2.05) is 4.90 Å². The molecule has 0 spiro atoms. The molecule has 2 aromatic heterocycles. The topological polar surface area (TPSA) is 80.2 Å². The molecular formula is C22H19ClF3N5O2. The second kappa shape index (κ2) is 9.32. The SMILES string of the molecule is COC(=O)CNC1CN(c2cnc(-c3ccc(C(F)(F)F)cc3)c(-c3ccncc3Cl)n2)C1. The van der Waals surface area contributed by atoms with Crippen LogP contribution in [0.2, 0.25) is 5.02 Å². The molecule has 1 fully saturated rings. The first-order valence-electron chi connectivity index (χ1n) is 9.96. The lowest BCUT2D eigenvalue weighted by Gasteiger charge is -2.40. The molecular weight excluding hydrogens is 459 g/mol. The summed E-state index contributed by atoms with van der Waals surface area (Å²) in [6.07, 6.45) is 0.171. The molecule has 3 heterocycles. The van der Waals surface area contributed by atoms with Gasteiger partial charge >= 0.3 is 12.1 Å². The molecule has 0 amide bonds. The Labute approximate surface area is 192 Å². The van der Waals surface area contributed by atoms with E-state index in [1.54, 1.807) is 18.5 Å². The summed E-state index contributed by atoms with van der Waals surface area (Å²) in [7, 11) is 1.33. The smallest absolute Gasteiger partial charge is 0.416 e. The second-order valence-corrected chi connectivity index (χ2v) is 7.82. The Morgan fingerprint density at radius 1 is 1.18 bits per heavy atom. The van der Waals surface area contributed by atoms with Crippen molar-refractivity contribution in [2.24, 2.45) is 0 Å². The Bertz CT molecular complexity index is 1150. The molecule has 4 rings (SSSR count). The second-order valence-electron chi connectivity index (χ2n) is 7.41. The van der Waals surface area contributed by atoms with Crippen molar-refractivity contribution in [2.45, 2.75) is 12.2 Å². The largest absolute Gasteiger partial charge is 0.468 e. The van der Waals surface area contributed by atoms with Gasteiger partial charge in [0.25, 0.3) is 0 Å². The van der Waals surface area contributed by atoms with E-state index in [0.29, 0.717) is 46.4 Å².